The summed E-state index contributed by atoms with van der Waals surface area (Å²) in [5, 5.41) is 10.5. The van der Waals surface area contributed by atoms with Crippen molar-refractivity contribution in [1.82, 2.24) is 0 Å². The summed E-state index contributed by atoms with van der Waals surface area (Å²) in [4.78, 5) is 11.8. The number of hydrogen-bond acceptors (Lipinski definition) is 2. The maximum Gasteiger partial charge on any atom is 0.125 e. The van der Waals surface area contributed by atoms with Crippen LogP contribution in [-0.4, -0.2) is 17.5 Å². The van der Waals surface area contributed by atoms with Crippen molar-refractivity contribution >= 4 is 6.29 Å². The highest BCUT2D eigenvalue weighted by Gasteiger charge is 2.57. The van der Waals surface area contributed by atoms with Crippen LogP contribution in [0, 0.1) is 40.4 Å². The quantitative estimate of drug-likeness (QED) is 0.395. The van der Waals surface area contributed by atoms with Crippen LogP contribution in [0.1, 0.15) is 98.8 Å². The maximum absolute atomic E-state index is 11.8. The summed E-state index contributed by atoms with van der Waals surface area (Å²) >= 11 is 0. The lowest BCUT2D eigenvalue weighted by molar-refractivity contribution is -0.123. The molecule has 0 radical (unpaired) electrons. The summed E-state index contributed by atoms with van der Waals surface area (Å²) in [5.41, 5.74) is 5.57. The second-order valence-electron chi connectivity index (χ2n) is 12.0. The van der Waals surface area contributed by atoms with Gasteiger partial charge in [0, 0.05) is 5.92 Å². The molecule has 168 valence electrons. The first-order valence-electron chi connectivity index (χ1n) is 12.7. The number of carbonyl (C=O) groups is 1. The number of aliphatic hydroxyl groups is 1. The van der Waals surface area contributed by atoms with Gasteiger partial charge in [0.1, 0.15) is 6.29 Å². The van der Waals surface area contributed by atoms with E-state index >= 15 is 0 Å². The van der Waals surface area contributed by atoms with Crippen molar-refractivity contribution < 1.29 is 9.90 Å². The molecule has 0 saturated heterocycles. The van der Waals surface area contributed by atoms with Crippen molar-refractivity contribution in [2.24, 2.45) is 40.4 Å². The van der Waals surface area contributed by atoms with E-state index < -0.39 is 6.10 Å². The van der Waals surface area contributed by atoms with E-state index in [1.165, 1.54) is 50.5 Å². The Balaban J connectivity index is 1.58. The van der Waals surface area contributed by atoms with Gasteiger partial charge in [-0.15, -0.1) is 0 Å². The van der Waals surface area contributed by atoms with Gasteiger partial charge in [-0.2, -0.15) is 0 Å². The van der Waals surface area contributed by atoms with Crippen LogP contribution in [0.5, 0.6) is 0 Å². The lowest BCUT2D eigenvalue weighted by Gasteiger charge is -2.56. The molecular formula is C28H44O2. The minimum atomic E-state index is -0.422. The monoisotopic (exact) mass is 412 g/mol. The van der Waals surface area contributed by atoms with Crippen LogP contribution in [0.4, 0.5) is 0 Å². The third kappa shape index (κ3) is 3.46. The van der Waals surface area contributed by atoms with E-state index in [1.807, 2.05) is 0 Å². The van der Waals surface area contributed by atoms with Gasteiger partial charge in [-0.3, -0.25) is 0 Å². The average Bonchev–Trinajstić information content (AvgIpc) is 3.05. The second-order valence-corrected chi connectivity index (χ2v) is 12.0. The number of carbonyl (C=O) groups excluding carboxylic acids is 1. The van der Waals surface area contributed by atoms with Crippen LogP contribution in [-0.2, 0) is 4.79 Å². The summed E-state index contributed by atoms with van der Waals surface area (Å²) in [6.45, 7) is 12.0. The van der Waals surface area contributed by atoms with Gasteiger partial charge in [0.25, 0.3) is 0 Å². The summed E-state index contributed by atoms with van der Waals surface area (Å²) in [7, 11) is 0. The van der Waals surface area contributed by atoms with Crippen molar-refractivity contribution in [2.45, 2.75) is 105 Å². The standard InChI is InChI=1S/C28H44O2/c1-18(2)7-6-8-19(3)22-11-12-23-20-9-10-24-21(17-29)26(30)14-16-28(24,5)25(20)13-15-27(22,23)4/h7,17,19,21-24,26,30H,6,8-16H2,1-5H3. The van der Waals surface area contributed by atoms with Crippen LogP contribution in [0.3, 0.4) is 0 Å². The number of hydrogen-bond donors (Lipinski definition) is 1. The molecule has 0 spiro atoms. The van der Waals surface area contributed by atoms with Crippen molar-refractivity contribution in [3.63, 3.8) is 0 Å². The molecule has 0 aromatic carbocycles. The fourth-order valence-electron chi connectivity index (χ4n) is 8.61. The molecule has 0 amide bonds. The average molecular weight is 413 g/mol. The molecule has 4 rings (SSSR count). The number of aldehydes is 1. The first-order valence-corrected chi connectivity index (χ1v) is 12.7. The Kier molecular flexibility index (Phi) is 6.12. The fourth-order valence-corrected chi connectivity index (χ4v) is 8.61. The minimum absolute atomic E-state index is 0.146. The van der Waals surface area contributed by atoms with E-state index in [0.29, 0.717) is 11.3 Å². The Morgan fingerprint density at radius 1 is 1.13 bits per heavy atom. The third-order valence-electron chi connectivity index (χ3n) is 10.3. The Morgan fingerprint density at radius 2 is 1.90 bits per heavy atom. The van der Waals surface area contributed by atoms with Crippen molar-refractivity contribution in [3.05, 3.63) is 22.8 Å². The number of aliphatic hydroxyl groups excluding tert-OH is 1. The van der Waals surface area contributed by atoms with E-state index in [0.717, 1.165) is 43.3 Å². The van der Waals surface area contributed by atoms with Gasteiger partial charge in [-0.1, -0.05) is 43.6 Å². The van der Waals surface area contributed by atoms with E-state index in [9.17, 15) is 9.90 Å². The predicted molar refractivity (Wildman–Crippen MR) is 124 cm³/mol. The van der Waals surface area contributed by atoms with Gasteiger partial charge in [0.05, 0.1) is 6.10 Å². The lowest BCUT2D eigenvalue weighted by Crippen LogP contribution is -2.50. The second kappa shape index (κ2) is 8.23. The Hall–Kier alpha value is -0.890. The Morgan fingerprint density at radius 3 is 2.60 bits per heavy atom. The van der Waals surface area contributed by atoms with E-state index in [-0.39, 0.29) is 11.3 Å². The zero-order valence-electron chi connectivity index (χ0n) is 20.0. The molecule has 0 aliphatic heterocycles. The largest absolute Gasteiger partial charge is 0.392 e. The van der Waals surface area contributed by atoms with Gasteiger partial charge < -0.3 is 9.90 Å². The molecule has 0 bridgehead atoms. The van der Waals surface area contributed by atoms with Crippen LogP contribution in [0.15, 0.2) is 22.8 Å². The summed E-state index contributed by atoms with van der Waals surface area (Å²) in [5.74, 6) is 2.61. The number of fused-ring (bicyclic) bond motifs is 4. The molecule has 0 aromatic heterocycles. The lowest BCUT2D eigenvalue weighted by atomic mass is 9.49. The van der Waals surface area contributed by atoms with Crippen molar-refractivity contribution in [1.29, 1.82) is 0 Å². The topological polar surface area (TPSA) is 37.3 Å². The van der Waals surface area contributed by atoms with Crippen LogP contribution >= 0.6 is 0 Å². The first-order chi connectivity index (χ1) is 14.2. The molecule has 2 nitrogen and oxygen atoms in total. The van der Waals surface area contributed by atoms with Gasteiger partial charge in [-0.05, 0) is 113 Å². The summed E-state index contributed by atoms with van der Waals surface area (Å²) in [6.07, 6.45) is 15.1. The molecule has 2 fully saturated rings. The normalized spacial score (nSPS) is 44.0. The van der Waals surface area contributed by atoms with Gasteiger partial charge in [0.2, 0.25) is 0 Å². The zero-order valence-corrected chi connectivity index (χ0v) is 20.0. The molecule has 30 heavy (non-hydrogen) atoms. The van der Waals surface area contributed by atoms with Gasteiger partial charge >= 0.3 is 0 Å². The van der Waals surface area contributed by atoms with E-state index in [4.69, 9.17) is 0 Å². The molecule has 2 saturated carbocycles. The summed E-state index contributed by atoms with van der Waals surface area (Å²) < 4.78 is 0. The smallest absolute Gasteiger partial charge is 0.125 e. The maximum atomic E-state index is 11.8. The predicted octanol–water partition coefficient (Wildman–Crippen LogP) is 6.88. The highest BCUT2D eigenvalue weighted by Crippen LogP contribution is 2.66. The Bertz CT molecular complexity index is 729. The molecule has 8 unspecified atom stereocenters. The molecule has 0 aromatic rings. The van der Waals surface area contributed by atoms with Gasteiger partial charge in [-0.25, -0.2) is 0 Å². The Labute approximate surface area is 184 Å². The van der Waals surface area contributed by atoms with Crippen molar-refractivity contribution in [3.8, 4) is 0 Å². The minimum Gasteiger partial charge on any atom is -0.392 e. The molecule has 8 atom stereocenters. The van der Waals surface area contributed by atoms with Crippen LogP contribution in [0.25, 0.3) is 0 Å². The molecule has 4 aliphatic rings. The molecule has 0 heterocycles. The highest BCUT2D eigenvalue weighted by atomic mass is 16.3. The molecule has 1 N–H and O–H groups in total. The van der Waals surface area contributed by atoms with Crippen LogP contribution in [0.2, 0.25) is 0 Å². The van der Waals surface area contributed by atoms with E-state index in [1.54, 1.807) is 11.1 Å². The SMILES string of the molecule is CC(C)=CCCC(C)C1CCC2C3=C(CCC21C)C1(C)CCC(O)C(C=O)C1CC3. The third-order valence-corrected chi connectivity index (χ3v) is 10.3. The number of allylic oxidation sites excluding steroid dienone is 4. The van der Waals surface area contributed by atoms with Crippen LogP contribution < -0.4 is 0 Å². The molecule has 4 aliphatic carbocycles. The van der Waals surface area contributed by atoms with Gasteiger partial charge in [0.15, 0.2) is 0 Å². The van der Waals surface area contributed by atoms with Crippen molar-refractivity contribution in [2.75, 3.05) is 0 Å². The number of rotatable bonds is 5. The van der Waals surface area contributed by atoms with E-state index in [2.05, 4.69) is 40.7 Å². The highest BCUT2D eigenvalue weighted by molar-refractivity contribution is 5.57. The zero-order chi connectivity index (χ0) is 21.7. The first kappa shape index (κ1) is 22.3. The molecular weight excluding hydrogens is 368 g/mol. The molecule has 2 heteroatoms. The summed E-state index contributed by atoms with van der Waals surface area (Å²) in [6, 6.07) is 0. The fraction of sp³-hybridized carbons (Fsp3) is 0.821.